The molecule has 3 rings (SSSR count). The number of carbonyl (C=O) groups is 2. The summed E-state index contributed by atoms with van der Waals surface area (Å²) in [4.78, 5) is 28.5. The van der Waals surface area contributed by atoms with Gasteiger partial charge in [-0.1, -0.05) is 53.6 Å². The fraction of sp³-hybridized carbons (Fsp3) is 0.355. The van der Waals surface area contributed by atoms with Gasteiger partial charge in [-0.2, -0.15) is 0 Å². The lowest BCUT2D eigenvalue weighted by Gasteiger charge is -2.32. The van der Waals surface area contributed by atoms with Gasteiger partial charge in [0.25, 0.3) is 10.0 Å². The average molecular weight is 566 g/mol. The number of sulfonamides is 1. The third-order valence-corrected chi connectivity index (χ3v) is 8.34. The number of benzene rings is 3. The fourth-order valence-corrected chi connectivity index (χ4v) is 5.64. The molecule has 40 heavy (non-hydrogen) atoms. The maximum atomic E-state index is 14.0. The molecule has 2 amide bonds. The minimum atomic E-state index is -4.19. The molecule has 0 aliphatic carbocycles. The van der Waals surface area contributed by atoms with Gasteiger partial charge in [0, 0.05) is 12.6 Å². The van der Waals surface area contributed by atoms with Crippen molar-refractivity contribution in [3.05, 3.63) is 89.0 Å². The number of carbonyl (C=O) groups excluding carboxylic acids is 2. The second-order valence-electron chi connectivity index (χ2n) is 10.3. The van der Waals surface area contributed by atoms with Crippen LogP contribution in [-0.2, 0) is 26.2 Å². The molecule has 0 fully saturated rings. The van der Waals surface area contributed by atoms with Gasteiger partial charge in [0.2, 0.25) is 11.8 Å². The Bertz CT molecular complexity index is 1430. The fourth-order valence-electron chi connectivity index (χ4n) is 4.22. The average Bonchev–Trinajstić information content (AvgIpc) is 2.90. The first kappa shape index (κ1) is 30.7. The number of rotatable bonds is 11. The normalized spacial score (nSPS) is 12.1. The van der Waals surface area contributed by atoms with Crippen LogP contribution in [0.3, 0.4) is 0 Å². The highest BCUT2D eigenvalue weighted by atomic mass is 32.2. The van der Waals surface area contributed by atoms with Gasteiger partial charge in [-0.3, -0.25) is 13.9 Å². The third kappa shape index (κ3) is 7.41. The Balaban J connectivity index is 2.10. The van der Waals surface area contributed by atoms with Gasteiger partial charge < -0.3 is 15.0 Å². The molecular formula is C31H39N3O5S. The summed E-state index contributed by atoms with van der Waals surface area (Å²) in [6.07, 6.45) is 0. The topological polar surface area (TPSA) is 96.0 Å². The highest BCUT2D eigenvalue weighted by Gasteiger charge is 2.34. The van der Waals surface area contributed by atoms with Gasteiger partial charge in [-0.05, 0) is 76.9 Å². The molecule has 0 heterocycles. The van der Waals surface area contributed by atoms with Gasteiger partial charge in [-0.25, -0.2) is 8.42 Å². The first-order valence-corrected chi connectivity index (χ1v) is 14.7. The van der Waals surface area contributed by atoms with E-state index >= 15 is 0 Å². The maximum absolute atomic E-state index is 14.0. The van der Waals surface area contributed by atoms with Crippen molar-refractivity contribution < 1.29 is 22.7 Å². The predicted octanol–water partition coefficient (Wildman–Crippen LogP) is 4.76. The third-order valence-electron chi connectivity index (χ3n) is 6.56. The van der Waals surface area contributed by atoms with Crippen LogP contribution in [0.4, 0.5) is 5.69 Å². The van der Waals surface area contributed by atoms with Crippen LogP contribution in [-0.4, -0.2) is 50.9 Å². The maximum Gasteiger partial charge on any atom is 0.264 e. The Morgan fingerprint density at radius 1 is 0.850 bits per heavy atom. The van der Waals surface area contributed by atoms with E-state index in [9.17, 15) is 18.0 Å². The Labute approximate surface area is 238 Å². The number of nitrogens with one attached hydrogen (secondary N) is 1. The van der Waals surface area contributed by atoms with Crippen molar-refractivity contribution in [3.8, 4) is 5.75 Å². The van der Waals surface area contributed by atoms with Gasteiger partial charge >= 0.3 is 0 Å². The predicted molar refractivity (Wildman–Crippen MR) is 158 cm³/mol. The summed E-state index contributed by atoms with van der Waals surface area (Å²) in [5.74, 6) is -0.535. The Kier molecular flexibility index (Phi) is 9.98. The lowest BCUT2D eigenvalue weighted by atomic mass is 10.1. The molecule has 0 saturated heterocycles. The van der Waals surface area contributed by atoms with Crippen LogP contribution in [0.1, 0.15) is 43.0 Å². The molecule has 0 bridgehead atoms. The molecule has 0 aliphatic rings. The molecule has 1 N–H and O–H groups in total. The van der Waals surface area contributed by atoms with Crippen molar-refractivity contribution in [2.45, 2.75) is 65.1 Å². The van der Waals surface area contributed by atoms with E-state index in [4.69, 9.17) is 4.74 Å². The molecule has 0 aromatic heterocycles. The molecule has 0 radical (unpaired) electrons. The summed E-state index contributed by atoms with van der Waals surface area (Å²) in [5, 5.41) is 2.86. The van der Waals surface area contributed by atoms with E-state index in [-0.39, 0.29) is 29.1 Å². The number of nitrogens with zero attached hydrogens (tertiary/aromatic N) is 2. The minimum absolute atomic E-state index is 0.0464. The van der Waals surface area contributed by atoms with Crippen molar-refractivity contribution in [1.29, 1.82) is 0 Å². The van der Waals surface area contributed by atoms with E-state index in [1.54, 1.807) is 31.2 Å². The molecule has 0 unspecified atom stereocenters. The molecular weight excluding hydrogens is 526 g/mol. The molecule has 3 aromatic carbocycles. The Hall–Kier alpha value is -3.85. The van der Waals surface area contributed by atoms with Crippen LogP contribution in [0.15, 0.2) is 71.6 Å². The number of aryl methyl sites for hydroxylation is 3. The lowest BCUT2D eigenvalue weighted by molar-refractivity contribution is -0.139. The van der Waals surface area contributed by atoms with Crippen LogP contribution >= 0.6 is 0 Å². The summed E-state index contributed by atoms with van der Waals surface area (Å²) in [6, 6.07) is 18.3. The summed E-state index contributed by atoms with van der Waals surface area (Å²) in [7, 11) is -2.73. The van der Waals surface area contributed by atoms with E-state index in [1.165, 1.54) is 24.1 Å². The van der Waals surface area contributed by atoms with Crippen molar-refractivity contribution in [2.75, 3.05) is 18.0 Å². The van der Waals surface area contributed by atoms with E-state index in [0.717, 1.165) is 26.6 Å². The number of anilines is 1. The minimum Gasteiger partial charge on any atom is -0.495 e. The van der Waals surface area contributed by atoms with Crippen LogP contribution < -0.4 is 14.4 Å². The monoisotopic (exact) mass is 565 g/mol. The highest BCUT2D eigenvalue weighted by Crippen LogP contribution is 2.34. The number of ether oxygens (including phenoxy) is 1. The van der Waals surface area contributed by atoms with E-state index < -0.39 is 28.5 Å². The SMILES string of the molecule is COc1ccc(C)cc1N(CC(=O)N(Cc1ccc(C)cc1)[C@H](C)C(=O)NC(C)C)S(=O)(=O)c1ccc(C)cc1. The van der Waals surface area contributed by atoms with Crippen molar-refractivity contribution in [3.63, 3.8) is 0 Å². The number of hydrogen-bond acceptors (Lipinski definition) is 5. The zero-order valence-electron chi connectivity index (χ0n) is 24.3. The molecule has 0 spiro atoms. The Morgan fingerprint density at radius 3 is 1.95 bits per heavy atom. The van der Waals surface area contributed by atoms with Crippen molar-refractivity contribution in [1.82, 2.24) is 10.2 Å². The van der Waals surface area contributed by atoms with E-state index in [0.29, 0.717) is 5.75 Å². The molecule has 3 aromatic rings. The zero-order valence-corrected chi connectivity index (χ0v) is 25.1. The van der Waals surface area contributed by atoms with Crippen LogP contribution in [0, 0.1) is 20.8 Å². The lowest BCUT2D eigenvalue weighted by Crippen LogP contribution is -2.52. The van der Waals surface area contributed by atoms with Crippen LogP contribution in [0.5, 0.6) is 5.75 Å². The van der Waals surface area contributed by atoms with Gasteiger partial charge in [0.05, 0.1) is 17.7 Å². The molecule has 214 valence electrons. The van der Waals surface area contributed by atoms with Gasteiger partial charge in [0.1, 0.15) is 18.3 Å². The zero-order chi connectivity index (χ0) is 29.6. The first-order valence-electron chi connectivity index (χ1n) is 13.2. The molecule has 1 atom stereocenters. The van der Waals surface area contributed by atoms with Crippen molar-refractivity contribution >= 4 is 27.5 Å². The standard InChI is InChI=1S/C31H39N3O5S/c1-21(2)32-31(36)25(6)33(19-26-13-8-22(3)9-14-26)30(35)20-34(28-18-24(5)12-17-29(28)39-7)40(37,38)27-15-10-23(4)11-16-27/h8-18,21,25H,19-20H2,1-7H3,(H,32,36)/t25-/m1/s1. The summed E-state index contributed by atoms with van der Waals surface area (Å²) < 4.78 is 34.7. The van der Waals surface area contributed by atoms with E-state index in [2.05, 4.69) is 5.32 Å². The van der Waals surface area contributed by atoms with E-state index in [1.807, 2.05) is 65.0 Å². The number of methoxy groups -OCH3 is 1. The Morgan fingerprint density at radius 2 is 1.40 bits per heavy atom. The second-order valence-corrected chi connectivity index (χ2v) is 12.2. The number of amides is 2. The van der Waals surface area contributed by atoms with Crippen LogP contribution in [0.25, 0.3) is 0 Å². The summed E-state index contributed by atoms with van der Waals surface area (Å²) in [6.45, 7) is 10.6. The first-order chi connectivity index (χ1) is 18.8. The molecule has 0 saturated carbocycles. The summed E-state index contributed by atoms with van der Waals surface area (Å²) in [5.41, 5.74) is 3.84. The van der Waals surface area contributed by atoms with Gasteiger partial charge in [0.15, 0.2) is 0 Å². The molecule has 8 nitrogen and oxygen atoms in total. The number of hydrogen-bond donors (Lipinski definition) is 1. The van der Waals surface area contributed by atoms with Gasteiger partial charge in [-0.15, -0.1) is 0 Å². The van der Waals surface area contributed by atoms with Crippen LogP contribution in [0.2, 0.25) is 0 Å². The quantitative estimate of drug-likeness (QED) is 0.362. The van der Waals surface area contributed by atoms with Crippen molar-refractivity contribution in [2.24, 2.45) is 0 Å². The highest BCUT2D eigenvalue weighted by molar-refractivity contribution is 7.92. The molecule has 9 heteroatoms. The molecule has 0 aliphatic heterocycles. The largest absolute Gasteiger partial charge is 0.495 e. The smallest absolute Gasteiger partial charge is 0.264 e. The second kappa shape index (κ2) is 13.0. The summed E-state index contributed by atoms with van der Waals surface area (Å²) >= 11 is 0.